The summed E-state index contributed by atoms with van der Waals surface area (Å²) in [7, 11) is 0. The van der Waals surface area contributed by atoms with Crippen molar-refractivity contribution in [1.29, 1.82) is 0 Å². The topological polar surface area (TPSA) is 80.3 Å². The molecule has 0 rings (SSSR count). The molecule has 27 heavy (non-hydrogen) atoms. The van der Waals surface area contributed by atoms with Crippen LogP contribution in [0.25, 0.3) is 0 Å². The molecule has 0 N–H and O–H groups in total. The summed E-state index contributed by atoms with van der Waals surface area (Å²) in [5, 5.41) is 23.1. The van der Waals surface area contributed by atoms with Crippen LogP contribution in [-0.2, 0) is 9.59 Å². The van der Waals surface area contributed by atoms with Gasteiger partial charge < -0.3 is 19.8 Å². The molecule has 0 aromatic rings. The average Bonchev–Trinajstić information content (AvgIpc) is 2.57. The number of aliphatic carboxylic acids is 2. The van der Waals surface area contributed by atoms with E-state index in [1.807, 2.05) is 0 Å². The fraction of sp³-hybridized carbons (Fsp3) is 0.905. The third-order valence-electron chi connectivity index (χ3n) is 5.20. The van der Waals surface area contributed by atoms with Gasteiger partial charge in [0, 0.05) is 5.41 Å². The Labute approximate surface area is 221 Å². The molecule has 0 fully saturated rings. The number of carboxylic acids is 2. The first-order valence-corrected chi connectivity index (χ1v) is 10.4. The van der Waals surface area contributed by atoms with Gasteiger partial charge in [0.25, 0.3) is 0 Å². The van der Waals surface area contributed by atoms with Crippen LogP contribution < -0.4 is 80.5 Å². The SMILES string of the molecule is CCCCCCCCCC(CCCCCCCCC)(C(=O)[O-])C(=O)[O-].[K+].[Li+]. The van der Waals surface area contributed by atoms with E-state index in [0.717, 1.165) is 38.5 Å². The van der Waals surface area contributed by atoms with E-state index in [9.17, 15) is 19.8 Å². The first kappa shape index (κ1) is 32.8. The van der Waals surface area contributed by atoms with Crippen LogP contribution in [-0.4, -0.2) is 11.9 Å². The minimum Gasteiger partial charge on any atom is -0.549 e. The van der Waals surface area contributed by atoms with Crippen LogP contribution in [0.15, 0.2) is 0 Å². The van der Waals surface area contributed by atoms with E-state index in [0.29, 0.717) is 12.8 Å². The average molecular weight is 401 g/mol. The number of carbonyl (C=O) groups is 2. The van der Waals surface area contributed by atoms with Gasteiger partial charge in [0.15, 0.2) is 0 Å². The van der Waals surface area contributed by atoms with E-state index >= 15 is 0 Å². The van der Waals surface area contributed by atoms with Crippen molar-refractivity contribution in [3.05, 3.63) is 0 Å². The van der Waals surface area contributed by atoms with Gasteiger partial charge in [-0.15, -0.1) is 0 Å². The monoisotopic (exact) mass is 400 g/mol. The third-order valence-corrected chi connectivity index (χ3v) is 5.20. The van der Waals surface area contributed by atoms with Crippen molar-refractivity contribution in [2.45, 2.75) is 117 Å². The summed E-state index contributed by atoms with van der Waals surface area (Å²) in [5.74, 6) is -2.94. The third kappa shape index (κ3) is 15.6. The smallest absolute Gasteiger partial charge is 0.549 e. The zero-order valence-corrected chi connectivity index (χ0v) is 21.6. The van der Waals surface area contributed by atoms with E-state index in [1.54, 1.807) is 0 Å². The van der Waals surface area contributed by atoms with Crippen molar-refractivity contribution in [3.8, 4) is 0 Å². The Morgan fingerprint density at radius 1 is 0.593 bits per heavy atom. The summed E-state index contributed by atoms with van der Waals surface area (Å²) in [6.45, 7) is 4.33. The Balaban J connectivity index is -0.00000288. The second-order valence-electron chi connectivity index (χ2n) is 7.40. The minimum absolute atomic E-state index is 0. The molecule has 0 aliphatic heterocycles. The predicted octanol–water partition coefficient (Wildman–Crippen LogP) is -2.24. The molecule has 0 aromatic carbocycles. The molecule has 0 aromatic heterocycles. The first-order chi connectivity index (χ1) is 12.0. The molecule has 0 heterocycles. The maximum Gasteiger partial charge on any atom is 1.00 e. The molecule has 0 saturated heterocycles. The Kier molecular flexibility index (Phi) is 26.6. The molecule has 0 bridgehead atoms. The summed E-state index contributed by atoms with van der Waals surface area (Å²) in [4.78, 5) is 23.1. The van der Waals surface area contributed by atoms with Crippen LogP contribution in [0.5, 0.6) is 0 Å². The van der Waals surface area contributed by atoms with Crippen LogP contribution in [0.3, 0.4) is 0 Å². The fourth-order valence-electron chi connectivity index (χ4n) is 3.38. The van der Waals surface area contributed by atoms with Crippen LogP contribution in [0.4, 0.5) is 0 Å². The van der Waals surface area contributed by atoms with Crippen molar-refractivity contribution in [2.24, 2.45) is 5.41 Å². The summed E-state index contributed by atoms with van der Waals surface area (Å²) in [5.41, 5.74) is -1.80. The Hall–Kier alpha value is 1.17. The molecule has 6 heteroatoms. The van der Waals surface area contributed by atoms with Crippen molar-refractivity contribution in [3.63, 3.8) is 0 Å². The van der Waals surface area contributed by atoms with Crippen molar-refractivity contribution in [1.82, 2.24) is 0 Å². The zero-order chi connectivity index (χ0) is 19.0. The van der Waals surface area contributed by atoms with Gasteiger partial charge in [-0.2, -0.15) is 0 Å². The number of carbonyl (C=O) groups excluding carboxylic acids is 2. The molecule has 0 spiro atoms. The van der Waals surface area contributed by atoms with Gasteiger partial charge in [-0.1, -0.05) is 104 Å². The van der Waals surface area contributed by atoms with Crippen molar-refractivity contribution < 1.29 is 90.0 Å². The van der Waals surface area contributed by atoms with E-state index in [-0.39, 0.29) is 83.1 Å². The molecule has 148 valence electrons. The van der Waals surface area contributed by atoms with Crippen LogP contribution in [0.2, 0.25) is 0 Å². The molecule has 0 atom stereocenters. The molecule has 0 radical (unpaired) electrons. The Morgan fingerprint density at radius 2 is 0.852 bits per heavy atom. The van der Waals surface area contributed by atoms with Gasteiger partial charge in [0.2, 0.25) is 0 Å². The summed E-state index contributed by atoms with van der Waals surface area (Å²) >= 11 is 0. The van der Waals surface area contributed by atoms with E-state index < -0.39 is 17.4 Å². The molecule has 0 unspecified atom stereocenters. The summed E-state index contributed by atoms with van der Waals surface area (Å²) < 4.78 is 0. The zero-order valence-electron chi connectivity index (χ0n) is 18.4. The minimum atomic E-state index is -1.80. The van der Waals surface area contributed by atoms with E-state index in [1.165, 1.54) is 38.5 Å². The quantitative estimate of drug-likeness (QED) is 0.148. The number of rotatable bonds is 18. The normalized spacial score (nSPS) is 10.7. The number of hydrogen-bond donors (Lipinski definition) is 0. The molecule has 0 aliphatic rings. The summed E-state index contributed by atoms with van der Waals surface area (Å²) in [6.07, 6.45) is 14.8. The van der Waals surface area contributed by atoms with E-state index in [4.69, 9.17) is 0 Å². The van der Waals surface area contributed by atoms with Crippen molar-refractivity contribution >= 4 is 11.9 Å². The molecule has 0 saturated carbocycles. The molecule has 0 amide bonds. The molecular weight excluding hydrogens is 362 g/mol. The standard InChI is InChI=1S/C21H40O4.K.Li/c1-3-5-7-9-11-13-15-17-21(19(22)23,20(24)25)18-16-14-12-10-8-6-4-2;;/h3-18H2,1-2H3,(H,22,23)(H,24,25);;/q;2*+1/p-2. The second kappa shape index (κ2) is 21.9. The van der Waals surface area contributed by atoms with Crippen LogP contribution in [0, 0.1) is 5.41 Å². The predicted molar refractivity (Wildman–Crippen MR) is 97.7 cm³/mol. The van der Waals surface area contributed by atoms with Crippen LogP contribution >= 0.6 is 0 Å². The number of hydrogen-bond acceptors (Lipinski definition) is 4. The first-order valence-electron chi connectivity index (χ1n) is 10.4. The second-order valence-corrected chi connectivity index (χ2v) is 7.40. The fourth-order valence-corrected chi connectivity index (χ4v) is 3.38. The number of unbranched alkanes of at least 4 members (excludes halogenated alkanes) is 12. The van der Waals surface area contributed by atoms with Gasteiger partial charge >= 0.3 is 70.2 Å². The molecular formula is C21H38KLiO4. The maximum absolute atomic E-state index is 11.5. The molecule has 0 aliphatic carbocycles. The van der Waals surface area contributed by atoms with Crippen LogP contribution in [0.1, 0.15) is 117 Å². The number of carboxylic acid groups (broad SMARTS) is 2. The Morgan fingerprint density at radius 3 is 1.11 bits per heavy atom. The van der Waals surface area contributed by atoms with Gasteiger partial charge in [-0.05, 0) is 12.8 Å². The van der Waals surface area contributed by atoms with Gasteiger partial charge in [-0.3, -0.25) is 0 Å². The van der Waals surface area contributed by atoms with E-state index in [2.05, 4.69) is 13.8 Å². The summed E-state index contributed by atoms with van der Waals surface area (Å²) in [6, 6.07) is 0. The van der Waals surface area contributed by atoms with Gasteiger partial charge in [0.05, 0.1) is 11.9 Å². The maximum atomic E-state index is 11.5. The largest absolute Gasteiger partial charge is 1.00 e. The van der Waals surface area contributed by atoms with Gasteiger partial charge in [0.1, 0.15) is 0 Å². The van der Waals surface area contributed by atoms with Crippen molar-refractivity contribution in [2.75, 3.05) is 0 Å². The molecule has 4 nitrogen and oxygen atoms in total. The Bertz CT molecular complexity index is 330. The van der Waals surface area contributed by atoms with Gasteiger partial charge in [-0.25, -0.2) is 0 Å².